The SMILES string of the molecule is COc1cc([C@@H]2CC(=O)Nc3ncnn32)ccc1OCC(=O)Nc1ccc(Br)cc1F. The molecule has 1 atom stereocenters. The van der Waals surface area contributed by atoms with Gasteiger partial charge in [0.2, 0.25) is 11.9 Å². The Morgan fingerprint density at radius 3 is 2.94 bits per heavy atom. The number of nitrogens with one attached hydrogen (secondary N) is 2. The van der Waals surface area contributed by atoms with E-state index in [2.05, 4.69) is 36.6 Å². The highest BCUT2D eigenvalue weighted by molar-refractivity contribution is 9.10. The summed E-state index contributed by atoms with van der Waals surface area (Å²) in [5.41, 5.74) is 0.825. The van der Waals surface area contributed by atoms with Crippen molar-refractivity contribution in [3.63, 3.8) is 0 Å². The van der Waals surface area contributed by atoms with Crippen molar-refractivity contribution in [2.24, 2.45) is 0 Å². The molecule has 0 fully saturated rings. The second-order valence-corrected chi connectivity index (χ2v) is 7.58. The average molecular weight is 490 g/mol. The summed E-state index contributed by atoms with van der Waals surface area (Å²) in [6.45, 7) is -0.343. The maximum atomic E-state index is 13.9. The van der Waals surface area contributed by atoms with Crippen LogP contribution in [-0.4, -0.2) is 40.3 Å². The zero-order valence-corrected chi connectivity index (χ0v) is 17.8. The molecule has 0 spiro atoms. The van der Waals surface area contributed by atoms with Gasteiger partial charge in [0.25, 0.3) is 5.91 Å². The van der Waals surface area contributed by atoms with Crippen LogP contribution in [0.15, 0.2) is 47.2 Å². The lowest BCUT2D eigenvalue weighted by Crippen LogP contribution is -2.29. The first kappa shape index (κ1) is 20.8. The zero-order chi connectivity index (χ0) is 22.0. The van der Waals surface area contributed by atoms with Gasteiger partial charge in [-0.3, -0.25) is 14.9 Å². The summed E-state index contributed by atoms with van der Waals surface area (Å²) in [4.78, 5) is 28.2. The molecular weight excluding hydrogens is 473 g/mol. The first-order chi connectivity index (χ1) is 14.9. The quantitative estimate of drug-likeness (QED) is 0.550. The first-order valence-corrected chi connectivity index (χ1v) is 9.99. The van der Waals surface area contributed by atoms with E-state index < -0.39 is 11.7 Å². The lowest BCUT2D eigenvalue weighted by atomic mass is 10.0. The molecule has 2 heterocycles. The molecule has 1 aliphatic heterocycles. The second-order valence-electron chi connectivity index (χ2n) is 6.67. The third kappa shape index (κ3) is 4.50. The number of halogens is 2. The fourth-order valence-corrected chi connectivity index (χ4v) is 3.53. The van der Waals surface area contributed by atoms with Crippen molar-refractivity contribution in [3.05, 3.63) is 58.6 Å². The predicted octanol–water partition coefficient (Wildman–Crippen LogP) is 3.14. The van der Waals surface area contributed by atoms with Gasteiger partial charge in [0.15, 0.2) is 18.1 Å². The fraction of sp³-hybridized carbons (Fsp3) is 0.200. The van der Waals surface area contributed by atoms with Gasteiger partial charge in [-0.25, -0.2) is 9.07 Å². The number of hydrogen-bond acceptors (Lipinski definition) is 6. The van der Waals surface area contributed by atoms with Gasteiger partial charge < -0.3 is 14.8 Å². The second kappa shape index (κ2) is 8.72. The smallest absolute Gasteiger partial charge is 0.262 e. The molecule has 0 unspecified atom stereocenters. The van der Waals surface area contributed by atoms with E-state index >= 15 is 0 Å². The Morgan fingerprint density at radius 1 is 1.32 bits per heavy atom. The molecule has 2 aromatic carbocycles. The predicted molar refractivity (Wildman–Crippen MR) is 113 cm³/mol. The summed E-state index contributed by atoms with van der Waals surface area (Å²) < 4.78 is 27.0. The Morgan fingerprint density at radius 2 is 2.16 bits per heavy atom. The number of nitrogens with zero attached hydrogens (tertiary/aromatic N) is 3. The van der Waals surface area contributed by atoms with Crippen LogP contribution in [-0.2, 0) is 9.59 Å². The highest BCUT2D eigenvalue weighted by atomic mass is 79.9. The Bertz CT molecular complexity index is 1150. The lowest BCUT2D eigenvalue weighted by Gasteiger charge is -2.24. The molecule has 0 radical (unpaired) electrons. The molecule has 2 amide bonds. The normalized spacial score (nSPS) is 15.1. The highest BCUT2D eigenvalue weighted by Gasteiger charge is 2.28. The van der Waals surface area contributed by atoms with Gasteiger partial charge in [0.05, 0.1) is 25.3 Å². The molecule has 11 heteroatoms. The van der Waals surface area contributed by atoms with E-state index in [0.29, 0.717) is 21.9 Å². The average Bonchev–Trinajstić information content (AvgIpc) is 3.22. The summed E-state index contributed by atoms with van der Waals surface area (Å²) in [5.74, 6) is -0.166. The van der Waals surface area contributed by atoms with Crippen LogP contribution >= 0.6 is 15.9 Å². The Hall–Kier alpha value is -3.47. The van der Waals surface area contributed by atoms with Crippen molar-refractivity contribution >= 4 is 39.4 Å². The Balaban J connectivity index is 1.47. The van der Waals surface area contributed by atoms with Crippen molar-refractivity contribution in [2.75, 3.05) is 24.4 Å². The molecule has 3 aromatic rings. The number of fused-ring (bicyclic) bond motifs is 1. The van der Waals surface area contributed by atoms with Crippen molar-refractivity contribution < 1.29 is 23.5 Å². The zero-order valence-electron chi connectivity index (χ0n) is 16.3. The van der Waals surface area contributed by atoms with Gasteiger partial charge in [-0.15, -0.1) is 0 Å². The number of anilines is 2. The minimum absolute atomic E-state index is 0.0540. The van der Waals surface area contributed by atoms with Gasteiger partial charge >= 0.3 is 0 Å². The summed E-state index contributed by atoms with van der Waals surface area (Å²) >= 11 is 3.16. The minimum Gasteiger partial charge on any atom is -0.493 e. The van der Waals surface area contributed by atoms with Crippen LogP contribution in [0.25, 0.3) is 0 Å². The van der Waals surface area contributed by atoms with E-state index in [-0.39, 0.29) is 30.7 Å². The number of aromatic nitrogens is 3. The molecule has 31 heavy (non-hydrogen) atoms. The summed E-state index contributed by atoms with van der Waals surface area (Å²) in [6.07, 6.45) is 1.57. The van der Waals surface area contributed by atoms with Gasteiger partial charge in [0.1, 0.15) is 12.1 Å². The van der Waals surface area contributed by atoms with E-state index in [1.807, 2.05) is 0 Å². The maximum Gasteiger partial charge on any atom is 0.262 e. The van der Waals surface area contributed by atoms with E-state index in [1.54, 1.807) is 28.9 Å². The van der Waals surface area contributed by atoms with Gasteiger partial charge in [-0.05, 0) is 35.9 Å². The maximum absolute atomic E-state index is 13.9. The van der Waals surface area contributed by atoms with Gasteiger partial charge in [-0.1, -0.05) is 22.0 Å². The van der Waals surface area contributed by atoms with E-state index in [1.165, 1.54) is 25.6 Å². The van der Waals surface area contributed by atoms with Crippen LogP contribution < -0.4 is 20.1 Å². The molecule has 0 aliphatic carbocycles. The fourth-order valence-electron chi connectivity index (χ4n) is 3.20. The number of ether oxygens (including phenoxy) is 2. The van der Waals surface area contributed by atoms with Gasteiger partial charge in [0, 0.05) is 4.47 Å². The number of amides is 2. The largest absolute Gasteiger partial charge is 0.493 e. The molecule has 0 saturated carbocycles. The van der Waals surface area contributed by atoms with Crippen LogP contribution in [0.5, 0.6) is 11.5 Å². The van der Waals surface area contributed by atoms with Crippen molar-refractivity contribution in [1.29, 1.82) is 0 Å². The van der Waals surface area contributed by atoms with E-state index in [9.17, 15) is 14.0 Å². The third-order valence-electron chi connectivity index (χ3n) is 4.63. The number of carbonyl (C=O) groups is 2. The van der Waals surface area contributed by atoms with Crippen LogP contribution in [0.3, 0.4) is 0 Å². The Labute approximate surface area is 184 Å². The lowest BCUT2D eigenvalue weighted by molar-refractivity contribution is -0.118. The molecule has 2 N–H and O–H groups in total. The minimum atomic E-state index is -0.561. The number of rotatable bonds is 6. The first-order valence-electron chi connectivity index (χ1n) is 9.19. The number of carbonyl (C=O) groups excluding carboxylic acids is 2. The molecule has 1 aliphatic rings. The third-order valence-corrected chi connectivity index (χ3v) is 5.13. The molecule has 4 rings (SSSR count). The van der Waals surface area contributed by atoms with Crippen LogP contribution in [0.4, 0.5) is 16.0 Å². The van der Waals surface area contributed by atoms with Crippen molar-refractivity contribution in [2.45, 2.75) is 12.5 Å². The van der Waals surface area contributed by atoms with Crippen LogP contribution in [0.2, 0.25) is 0 Å². The summed E-state index contributed by atoms with van der Waals surface area (Å²) in [6, 6.07) is 9.10. The molecule has 0 bridgehead atoms. The number of hydrogen-bond donors (Lipinski definition) is 2. The molecule has 0 saturated heterocycles. The molecule has 9 nitrogen and oxygen atoms in total. The molecule has 1 aromatic heterocycles. The van der Waals surface area contributed by atoms with Gasteiger partial charge in [-0.2, -0.15) is 10.1 Å². The van der Waals surface area contributed by atoms with E-state index in [4.69, 9.17) is 9.47 Å². The number of benzene rings is 2. The van der Waals surface area contributed by atoms with Crippen molar-refractivity contribution in [3.8, 4) is 11.5 Å². The standard InChI is InChI=1S/C20H17BrFN5O4/c1-30-17-6-11(15-8-18(28)26-20-23-10-24-27(15)20)2-5-16(17)31-9-19(29)25-14-4-3-12(21)7-13(14)22/h2-7,10,15H,8-9H2,1H3,(H,25,29)(H,23,24,26,28)/t15-/m0/s1. The molecule has 160 valence electrons. The monoisotopic (exact) mass is 489 g/mol. The molecular formula is C20H17BrFN5O4. The van der Waals surface area contributed by atoms with Crippen LogP contribution in [0.1, 0.15) is 18.0 Å². The Kier molecular flexibility index (Phi) is 5.85. The highest BCUT2D eigenvalue weighted by Crippen LogP contribution is 2.35. The summed E-state index contributed by atoms with van der Waals surface area (Å²) in [5, 5.41) is 9.29. The number of methoxy groups -OCH3 is 1. The topological polar surface area (TPSA) is 107 Å². The van der Waals surface area contributed by atoms with Crippen LogP contribution in [0, 0.1) is 5.82 Å². The summed E-state index contributed by atoms with van der Waals surface area (Å²) in [7, 11) is 1.47. The van der Waals surface area contributed by atoms with Crippen molar-refractivity contribution in [1.82, 2.24) is 14.8 Å². The van der Waals surface area contributed by atoms with E-state index in [0.717, 1.165) is 5.56 Å².